The summed E-state index contributed by atoms with van der Waals surface area (Å²) in [4.78, 5) is 15.9. The third-order valence-electron chi connectivity index (χ3n) is 3.98. The Bertz CT molecular complexity index is 1120. The van der Waals surface area contributed by atoms with Crippen LogP contribution in [0.5, 0.6) is 5.75 Å². The fourth-order valence-electron chi connectivity index (χ4n) is 2.39. The molecule has 0 aliphatic rings. The van der Waals surface area contributed by atoms with E-state index in [1.807, 2.05) is 6.92 Å². The summed E-state index contributed by atoms with van der Waals surface area (Å²) in [6.45, 7) is 2.09. The Balaban J connectivity index is 1.46. The number of anilines is 1. The first-order valence-corrected chi connectivity index (χ1v) is 11.9. The number of benzene rings is 2. The average molecular weight is 482 g/mol. The Morgan fingerprint density at radius 2 is 2.00 bits per heavy atom. The Hall–Kier alpha value is -2.76. The smallest absolute Gasteiger partial charge is 0.261 e. The Labute approximate surface area is 189 Å². The van der Waals surface area contributed by atoms with Crippen molar-refractivity contribution in [1.82, 2.24) is 20.5 Å². The van der Waals surface area contributed by atoms with Gasteiger partial charge in [0.15, 0.2) is 11.8 Å². The van der Waals surface area contributed by atoms with Crippen LogP contribution in [0.3, 0.4) is 0 Å². The summed E-state index contributed by atoms with van der Waals surface area (Å²) in [6, 6.07) is 10.7. The van der Waals surface area contributed by atoms with Gasteiger partial charge < -0.3 is 10.1 Å². The Morgan fingerprint density at radius 1 is 1.23 bits per heavy atom. The summed E-state index contributed by atoms with van der Waals surface area (Å²) < 4.78 is 33.0. The van der Waals surface area contributed by atoms with E-state index in [9.17, 15) is 13.2 Å². The fraction of sp³-hybridized carbons (Fsp3) is 0.211. The number of halogens is 1. The Morgan fingerprint density at radius 3 is 2.68 bits per heavy atom. The molecule has 0 aliphatic heterocycles. The number of sulfonamides is 1. The number of H-pyrrole nitrogens is 1. The normalized spacial score (nSPS) is 11.2. The second-order valence-electron chi connectivity index (χ2n) is 6.32. The molecule has 31 heavy (non-hydrogen) atoms. The number of rotatable bonds is 10. The minimum Gasteiger partial charge on any atom is -0.484 e. The molecule has 0 fully saturated rings. The predicted molar refractivity (Wildman–Crippen MR) is 119 cm³/mol. The van der Waals surface area contributed by atoms with Crippen molar-refractivity contribution >= 4 is 45.0 Å². The lowest BCUT2D eigenvalue weighted by molar-refractivity contribution is -0.122. The van der Waals surface area contributed by atoms with E-state index in [1.165, 1.54) is 42.4 Å². The lowest BCUT2D eigenvalue weighted by Crippen LogP contribution is -2.30. The zero-order valence-electron chi connectivity index (χ0n) is 16.5. The van der Waals surface area contributed by atoms with Gasteiger partial charge in [0.05, 0.1) is 10.6 Å². The lowest BCUT2D eigenvalue weighted by atomic mass is 10.2. The number of ether oxygens (including phenoxy) is 1. The second kappa shape index (κ2) is 10.5. The number of aromatic amines is 1. The molecule has 12 heteroatoms. The number of aryl methyl sites for hydroxylation is 1. The minimum absolute atomic E-state index is 0.0606. The van der Waals surface area contributed by atoms with Crippen molar-refractivity contribution in [2.75, 3.05) is 23.6 Å². The van der Waals surface area contributed by atoms with E-state index >= 15 is 0 Å². The van der Waals surface area contributed by atoms with Gasteiger partial charge in [0.2, 0.25) is 0 Å². The molecule has 0 spiro atoms. The van der Waals surface area contributed by atoms with Crippen LogP contribution < -0.4 is 14.8 Å². The van der Waals surface area contributed by atoms with Crippen LogP contribution in [0.15, 0.2) is 58.8 Å². The molecule has 9 nitrogen and oxygen atoms in total. The number of aromatic nitrogens is 3. The van der Waals surface area contributed by atoms with E-state index in [0.717, 1.165) is 5.56 Å². The van der Waals surface area contributed by atoms with E-state index in [0.29, 0.717) is 33.9 Å². The van der Waals surface area contributed by atoms with Crippen molar-refractivity contribution in [3.63, 3.8) is 0 Å². The first-order valence-electron chi connectivity index (χ1n) is 9.10. The van der Waals surface area contributed by atoms with Crippen LogP contribution in [-0.2, 0) is 14.8 Å². The molecular weight excluding hydrogens is 462 g/mol. The summed E-state index contributed by atoms with van der Waals surface area (Å²) in [5.74, 6) is 0.725. The number of hydrogen-bond acceptors (Lipinski definition) is 7. The standard InChI is InChI=1S/C19H20ClN5O4S2/c1-13-2-3-14(10-17(13)20)25-31(27,28)16-6-4-15(5-7-16)29-11-18(26)21-8-9-30-19-22-12-23-24-19/h2-7,10,12,25H,8-9,11H2,1H3,(H,21,26)(H,22,23,24). The van der Waals surface area contributed by atoms with Gasteiger partial charge in [-0.25, -0.2) is 13.4 Å². The van der Waals surface area contributed by atoms with Crippen molar-refractivity contribution in [1.29, 1.82) is 0 Å². The molecule has 0 radical (unpaired) electrons. The van der Waals surface area contributed by atoms with E-state index in [2.05, 4.69) is 25.2 Å². The van der Waals surface area contributed by atoms with Crippen LogP contribution in [0.2, 0.25) is 5.02 Å². The number of thioether (sulfide) groups is 1. The predicted octanol–water partition coefficient (Wildman–Crippen LogP) is 2.85. The topological polar surface area (TPSA) is 126 Å². The summed E-state index contributed by atoms with van der Waals surface area (Å²) >= 11 is 7.48. The van der Waals surface area contributed by atoms with Crippen molar-refractivity contribution in [3.8, 4) is 5.75 Å². The molecule has 0 aliphatic carbocycles. The molecule has 3 rings (SSSR count). The van der Waals surface area contributed by atoms with Crippen LogP contribution in [-0.4, -0.2) is 48.4 Å². The van der Waals surface area contributed by atoms with E-state index in [4.69, 9.17) is 16.3 Å². The maximum absolute atomic E-state index is 12.5. The number of hydrogen-bond donors (Lipinski definition) is 3. The van der Waals surface area contributed by atoms with Gasteiger partial charge in [-0.15, -0.1) is 0 Å². The van der Waals surface area contributed by atoms with Gasteiger partial charge in [-0.05, 0) is 48.9 Å². The molecule has 1 heterocycles. The van der Waals surface area contributed by atoms with Gasteiger partial charge in [0, 0.05) is 17.3 Å². The van der Waals surface area contributed by atoms with E-state index in [1.54, 1.807) is 18.2 Å². The van der Waals surface area contributed by atoms with Gasteiger partial charge in [-0.3, -0.25) is 14.6 Å². The van der Waals surface area contributed by atoms with E-state index < -0.39 is 10.0 Å². The first-order chi connectivity index (χ1) is 14.8. The molecule has 0 bridgehead atoms. The average Bonchev–Trinajstić information content (AvgIpc) is 3.26. The molecule has 0 saturated carbocycles. The second-order valence-corrected chi connectivity index (χ2v) is 9.49. The molecule has 1 aromatic heterocycles. The minimum atomic E-state index is -3.78. The van der Waals surface area contributed by atoms with Crippen LogP contribution in [0.4, 0.5) is 5.69 Å². The van der Waals surface area contributed by atoms with Gasteiger partial charge >= 0.3 is 0 Å². The first kappa shape index (κ1) is 22.9. The summed E-state index contributed by atoms with van der Waals surface area (Å²) in [5.41, 5.74) is 1.22. The molecule has 1 amide bonds. The van der Waals surface area contributed by atoms with Crippen LogP contribution in [0.25, 0.3) is 0 Å². The van der Waals surface area contributed by atoms with Crippen molar-refractivity contribution in [2.24, 2.45) is 0 Å². The lowest BCUT2D eigenvalue weighted by Gasteiger charge is -2.10. The molecule has 3 aromatic rings. The molecule has 3 N–H and O–H groups in total. The number of amides is 1. The molecule has 0 saturated heterocycles. The third kappa shape index (κ3) is 6.88. The largest absolute Gasteiger partial charge is 0.484 e. The van der Waals surface area contributed by atoms with Gasteiger partial charge in [-0.2, -0.15) is 5.10 Å². The maximum Gasteiger partial charge on any atom is 0.261 e. The Kier molecular flexibility index (Phi) is 7.77. The number of nitrogens with zero attached hydrogens (tertiary/aromatic N) is 2. The van der Waals surface area contributed by atoms with Gasteiger partial charge in [0.25, 0.3) is 15.9 Å². The van der Waals surface area contributed by atoms with Crippen molar-refractivity contribution in [3.05, 3.63) is 59.4 Å². The highest BCUT2D eigenvalue weighted by atomic mass is 35.5. The van der Waals surface area contributed by atoms with Crippen LogP contribution in [0, 0.1) is 6.92 Å². The summed E-state index contributed by atoms with van der Waals surface area (Å²) in [7, 11) is -3.78. The highest BCUT2D eigenvalue weighted by Crippen LogP contribution is 2.23. The third-order valence-corrected chi connectivity index (χ3v) is 6.67. The SMILES string of the molecule is Cc1ccc(NS(=O)(=O)c2ccc(OCC(=O)NCCSc3ncn[nH]3)cc2)cc1Cl. The number of carbonyl (C=O) groups is 1. The van der Waals surface area contributed by atoms with Crippen molar-refractivity contribution < 1.29 is 17.9 Å². The summed E-state index contributed by atoms with van der Waals surface area (Å²) in [5, 5.41) is 10.3. The number of nitrogens with one attached hydrogen (secondary N) is 3. The van der Waals surface area contributed by atoms with Crippen LogP contribution in [0.1, 0.15) is 5.56 Å². The quantitative estimate of drug-likeness (QED) is 0.300. The van der Waals surface area contributed by atoms with E-state index in [-0.39, 0.29) is 17.4 Å². The molecule has 164 valence electrons. The van der Waals surface area contributed by atoms with Crippen molar-refractivity contribution in [2.45, 2.75) is 17.0 Å². The zero-order chi connectivity index (χ0) is 22.3. The summed E-state index contributed by atoms with van der Waals surface area (Å²) in [6.07, 6.45) is 1.42. The van der Waals surface area contributed by atoms with Gasteiger partial charge in [-0.1, -0.05) is 29.4 Å². The van der Waals surface area contributed by atoms with Crippen LogP contribution >= 0.6 is 23.4 Å². The highest BCUT2D eigenvalue weighted by molar-refractivity contribution is 7.99. The molecule has 2 aromatic carbocycles. The maximum atomic E-state index is 12.5. The fourth-order valence-corrected chi connectivity index (χ4v) is 4.25. The molecule has 0 unspecified atom stereocenters. The molecule has 0 atom stereocenters. The zero-order valence-corrected chi connectivity index (χ0v) is 18.9. The van der Waals surface area contributed by atoms with Gasteiger partial charge in [0.1, 0.15) is 12.1 Å². The number of carbonyl (C=O) groups excluding carboxylic acids is 1. The monoisotopic (exact) mass is 481 g/mol. The molecular formula is C19H20ClN5O4S2. The highest BCUT2D eigenvalue weighted by Gasteiger charge is 2.15.